The number of halogens is 1. The van der Waals surface area contributed by atoms with E-state index in [2.05, 4.69) is 15.3 Å². The molecule has 1 aliphatic rings. The van der Waals surface area contributed by atoms with E-state index in [0.29, 0.717) is 18.3 Å². The van der Waals surface area contributed by atoms with Crippen molar-refractivity contribution < 1.29 is 4.39 Å². The molecule has 2 heterocycles. The molecule has 0 bridgehead atoms. The Bertz CT molecular complexity index is 822. The van der Waals surface area contributed by atoms with Gasteiger partial charge in [-0.25, -0.2) is 9.07 Å². The Morgan fingerprint density at radius 3 is 3.00 bits per heavy atom. The maximum Gasteiger partial charge on any atom is 0.169 e. The van der Waals surface area contributed by atoms with Crippen molar-refractivity contribution in [1.29, 1.82) is 0 Å². The lowest BCUT2D eigenvalue weighted by Gasteiger charge is -2.09. The third-order valence-electron chi connectivity index (χ3n) is 3.83. The Balaban J connectivity index is 1.81. The largest absolute Gasteiger partial charge is 0.381 e. The van der Waals surface area contributed by atoms with E-state index in [1.54, 1.807) is 16.9 Å². The van der Waals surface area contributed by atoms with Crippen molar-refractivity contribution in [2.24, 2.45) is 0 Å². The topological polar surface area (TPSA) is 69.6 Å². The molecule has 2 aromatic heterocycles. The molecule has 0 amide bonds. The minimum Gasteiger partial charge on any atom is -0.381 e. The van der Waals surface area contributed by atoms with Crippen molar-refractivity contribution in [3.63, 3.8) is 0 Å². The number of anilines is 1. The van der Waals surface area contributed by atoms with Crippen LogP contribution in [0.1, 0.15) is 30.0 Å². The van der Waals surface area contributed by atoms with E-state index in [9.17, 15) is 4.39 Å². The lowest BCUT2D eigenvalue weighted by Crippen LogP contribution is -2.08. The minimum absolute atomic E-state index is 0.272. The van der Waals surface area contributed by atoms with Crippen LogP contribution in [0.15, 0.2) is 30.5 Å². The van der Waals surface area contributed by atoms with Crippen LogP contribution in [0.5, 0.6) is 0 Å². The fraction of sp³-hybridized carbons (Fsp3) is 0.267. The molecule has 1 saturated carbocycles. The molecule has 1 aliphatic carbocycles. The van der Waals surface area contributed by atoms with E-state index in [0.717, 1.165) is 35.0 Å². The molecule has 0 radical (unpaired) electrons. The molecule has 0 saturated heterocycles. The van der Waals surface area contributed by atoms with Crippen molar-refractivity contribution >= 4 is 16.7 Å². The van der Waals surface area contributed by atoms with Crippen LogP contribution in [0.25, 0.3) is 10.9 Å². The van der Waals surface area contributed by atoms with Crippen molar-refractivity contribution in [2.75, 3.05) is 5.73 Å². The van der Waals surface area contributed by atoms with Crippen LogP contribution in [-0.2, 0) is 6.54 Å². The molecule has 0 aliphatic heterocycles. The van der Waals surface area contributed by atoms with Gasteiger partial charge in [-0.2, -0.15) is 0 Å². The Kier molecular flexibility index (Phi) is 2.63. The van der Waals surface area contributed by atoms with E-state index in [1.165, 1.54) is 12.1 Å². The van der Waals surface area contributed by atoms with Crippen LogP contribution in [0.4, 0.5) is 10.2 Å². The summed E-state index contributed by atoms with van der Waals surface area (Å²) >= 11 is 0. The van der Waals surface area contributed by atoms with Crippen molar-refractivity contribution in [2.45, 2.75) is 25.3 Å². The van der Waals surface area contributed by atoms with Crippen LogP contribution in [0.2, 0.25) is 0 Å². The summed E-state index contributed by atoms with van der Waals surface area (Å²) in [6.45, 7) is 0.432. The zero-order valence-corrected chi connectivity index (χ0v) is 11.3. The molecule has 3 aromatic rings. The number of pyridine rings is 1. The highest BCUT2D eigenvalue weighted by atomic mass is 19.1. The molecular formula is C15H14FN5. The van der Waals surface area contributed by atoms with Gasteiger partial charge in [0.2, 0.25) is 0 Å². The summed E-state index contributed by atoms with van der Waals surface area (Å²) in [5, 5.41) is 8.84. The molecular weight excluding hydrogens is 269 g/mol. The second-order valence-electron chi connectivity index (χ2n) is 5.43. The van der Waals surface area contributed by atoms with Crippen LogP contribution in [0, 0.1) is 5.82 Å². The normalized spacial score (nSPS) is 14.7. The Hall–Kier alpha value is -2.50. The van der Waals surface area contributed by atoms with Gasteiger partial charge in [-0.1, -0.05) is 11.3 Å². The second kappa shape index (κ2) is 4.51. The summed E-state index contributed by atoms with van der Waals surface area (Å²) in [5.74, 6) is 0.644. The van der Waals surface area contributed by atoms with Gasteiger partial charge in [-0.3, -0.25) is 4.98 Å². The van der Waals surface area contributed by atoms with Gasteiger partial charge in [0.25, 0.3) is 0 Å². The third-order valence-corrected chi connectivity index (χ3v) is 3.83. The summed E-state index contributed by atoms with van der Waals surface area (Å²) in [5.41, 5.74) is 8.43. The van der Waals surface area contributed by atoms with Gasteiger partial charge in [-0.15, -0.1) is 5.10 Å². The monoisotopic (exact) mass is 283 g/mol. The first-order valence-corrected chi connectivity index (χ1v) is 6.94. The zero-order valence-electron chi connectivity index (χ0n) is 11.3. The highest BCUT2D eigenvalue weighted by Crippen LogP contribution is 2.42. The first kappa shape index (κ1) is 12.3. The molecule has 6 heteroatoms. The molecule has 5 nitrogen and oxygen atoms in total. The number of hydrogen-bond donors (Lipinski definition) is 1. The highest BCUT2D eigenvalue weighted by molar-refractivity contribution is 5.81. The van der Waals surface area contributed by atoms with E-state index < -0.39 is 0 Å². The second-order valence-corrected chi connectivity index (χ2v) is 5.43. The summed E-state index contributed by atoms with van der Waals surface area (Å²) in [6, 6.07) is 6.65. The number of nitrogen functional groups attached to an aromatic ring is 1. The number of rotatable bonds is 3. The number of fused-ring (bicyclic) bond motifs is 1. The molecule has 1 aromatic carbocycles. The minimum atomic E-state index is -0.272. The third kappa shape index (κ3) is 2.12. The predicted molar refractivity (Wildman–Crippen MR) is 77.2 cm³/mol. The lowest BCUT2D eigenvalue weighted by molar-refractivity contribution is 0.605. The average molecular weight is 283 g/mol. The van der Waals surface area contributed by atoms with Crippen LogP contribution < -0.4 is 5.73 Å². The highest BCUT2D eigenvalue weighted by Gasteiger charge is 2.30. The van der Waals surface area contributed by atoms with E-state index in [1.807, 2.05) is 6.07 Å². The van der Waals surface area contributed by atoms with E-state index in [-0.39, 0.29) is 5.82 Å². The Labute approximate surface area is 120 Å². The molecule has 21 heavy (non-hydrogen) atoms. The van der Waals surface area contributed by atoms with Gasteiger partial charge in [-0.05, 0) is 31.0 Å². The molecule has 2 N–H and O–H groups in total. The Morgan fingerprint density at radius 1 is 1.33 bits per heavy atom. The van der Waals surface area contributed by atoms with E-state index >= 15 is 0 Å². The fourth-order valence-corrected chi connectivity index (χ4v) is 2.74. The number of nitrogens with two attached hydrogens (primary N) is 1. The smallest absolute Gasteiger partial charge is 0.169 e. The standard InChI is InChI=1S/C15H14FN5/c16-12-6-10-2-1-5-18-13(10)11(7-12)8-21-14(9-3-4-9)15(17)19-20-21/h1-2,5-7,9H,3-4,8,17H2. The fourth-order valence-electron chi connectivity index (χ4n) is 2.74. The molecule has 4 rings (SSSR count). The van der Waals surface area contributed by atoms with Gasteiger partial charge in [0, 0.05) is 23.1 Å². The maximum atomic E-state index is 13.8. The van der Waals surface area contributed by atoms with Gasteiger partial charge in [0.1, 0.15) is 5.82 Å². The summed E-state index contributed by atoms with van der Waals surface area (Å²) < 4.78 is 15.6. The number of nitrogens with zero attached hydrogens (tertiary/aromatic N) is 4. The summed E-state index contributed by atoms with van der Waals surface area (Å²) in [7, 11) is 0. The molecule has 0 spiro atoms. The Morgan fingerprint density at radius 2 is 2.19 bits per heavy atom. The summed E-state index contributed by atoms with van der Waals surface area (Å²) in [4.78, 5) is 4.36. The first-order valence-electron chi connectivity index (χ1n) is 6.94. The number of aromatic nitrogens is 4. The molecule has 0 atom stereocenters. The van der Waals surface area contributed by atoms with Gasteiger partial charge in [0.15, 0.2) is 5.82 Å². The SMILES string of the molecule is Nc1nnn(Cc2cc(F)cc3cccnc23)c1C1CC1. The van der Waals surface area contributed by atoms with Crippen LogP contribution in [0.3, 0.4) is 0 Å². The number of benzene rings is 1. The van der Waals surface area contributed by atoms with Crippen molar-refractivity contribution in [1.82, 2.24) is 20.0 Å². The molecule has 1 fully saturated rings. The zero-order chi connectivity index (χ0) is 14.4. The van der Waals surface area contributed by atoms with Crippen molar-refractivity contribution in [3.05, 3.63) is 47.5 Å². The lowest BCUT2D eigenvalue weighted by atomic mass is 10.1. The molecule has 0 unspecified atom stereocenters. The van der Waals surface area contributed by atoms with Gasteiger partial charge < -0.3 is 5.73 Å². The van der Waals surface area contributed by atoms with Crippen LogP contribution in [-0.4, -0.2) is 20.0 Å². The summed E-state index contributed by atoms with van der Waals surface area (Å²) in [6.07, 6.45) is 3.93. The van der Waals surface area contributed by atoms with E-state index in [4.69, 9.17) is 5.73 Å². The number of hydrogen-bond acceptors (Lipinski definition) is 4. The molecule has 106 valence electrons. The first-order chi connectivity index (χ1) is 10.2. The van der Waals surface area contributed by atoms with Gasteiger partial charge in [0.05, 0.1) is 17.8 Å². The quantitative estimate of drug-likeness (QED) is 0.801. The maximum absolute atomic E-state index is 13.8. The van der Waals surface area contributed by atoms with Gasteiger partial charge >= 0.3 is 0 Å². The van der Waals surface area contributed by atoms with Crippen molar-refractivity contribution in [3.8, 4) is 0 Å². The average Bonchev–Trinajstić information content (AvgIpc) is 3.23. The van der Waals surface area contributed by atoms with Crippen LogP contribution >= 0.6 is 0 Å². The predicted octanol–water partition coefficient (Wildman–Crippen LogP) is 2.47.